The van der Waals surface area contributed by atoms with E-state index in [9.17, 15) is 12.8 Å². The summed E-state index contributed by atoms with van der Waals surface area (Å²) in [5.41, 5.74) is 6.92. The predicted molar refractivity (Wildman–Crippen MR) is 84.3 cm³/mol. The number of rotatable bonds is 4. The van der Waals surface area contributed by atoms with Crippen LogP contribution in [0.1, 0.15) is 11.1 Å². The molecule has 0 radical (unpaired) electrons. The Labute approximate surface area is 127 Å². The lowest BCUT2D eigenvalue weighted by Gasteiger charge is -2.11. The van der Waals surface area contributed by atoms with Gasteiger partial charge in [0.15, 0.2) is 0 Å². The van der Waals surface area contributed by atoms with E-state index in [1.165, 1.54) is 30.3 Å². The first kappa shape index (κ1) is 15.4. The van der Waals surface area contributed by atoms with Crippen LogP contribution in [0.3, 0.4) is 0 Å². The minimum atomic E-state index is -3.76. The number of thiocarbonyl (C=S) groups is 1. The van der Waals surface area contributed by atoms with Crippen LogP contribution in [-0.4, -0.2) is 13.4 Å². The van der Waals surface area contributed by atoms with Crippen molar-refractivity contribution in [3.05, 3.63) is 59.4 Å². The average Bonchev–Trinajstić information content (AvgIpc) is 2.40. The molecule has 2 rings (SSSR count). The maximum absolute atomic E-state index is 12.8. The first-order valence-corrected chi connectivity index (χ1v) is 7.87. The van der Waals surface area contributed by atoms with Gasteiger partial charge in [0.2, 0.25) is 0 Å². The van der Waals surface area contributed by atoms with Gasteiger partial charge in [-0.3, -0.25) is 4.72 Å². The Bertz CT molecular complexity index is 787. The normalized spacial score (nSPS) is 11.1. The van der Waals surface area contributed by atoms with Crippen LogP contribution < -0.4 is 10.5 Å². The highest BCUT2D eigenvalue weighted by Crippen LogP contribution is 2.20. The molecular formula is C14H13FN2O2S2. The van der Waals surface area contributed by atoms with Gasteiger partial charge in [-0.05, 0) is 48.9 Å². The standard InChI is InChI=1S/C14H13FN2O2S2/c1-9-8-10(14(16)20)2-7-13(9)21(18,19)17-12-5-3-11(15)4-6-12/h2-8,17H,1H3,(H2,16,20). The van der Waals surface area contributed by atoms with Gasteiger partial charge < -0.3 is 5.73 Å². The summed E-state index contributed by atoms with van der Waals surface area (Å²) in [7, 11) is -3.76. The van der Waals surface area contributed by atoms with Crippen LogP contribution in [0.4, 0.5) is 10.1 Å². The highest BCUT2D eigenvalue weighted by Gasteiger charge is 2.17. The lowest BCUT2D eigenvalue weighted by atomic mass is 10.1. The maximum Gasteiger partial charge on any atom is 0.262 e. The summed E-state index contributed by atoms with van der Waals surface area (Å²) in [5, 5.41) is 0. The molecule has 4 nitrogen and oxygen atoms in total. The summed E-state index contributed by atoms with van der Waals surface area (Å²) in [4.78, 5) is 0.320. The molecule has 2 aromatic carbocycles. The molecule has 2 aromatic rings. The van der Waals surface area contributed by atoms with Crippen molar-refractivity contribution in [2.24, 2.45) is 5.73 Å². The number of benzene rings is 2. The largest absolute Gasteiger partial charge is 0.389 e. The van der Waals surface area contributed by atoms with Crippen LogP contribution in [-0.2, 0) is 10.0 Å². The Hall–Kier alpha value is -1.99. The van der Waals surface area contributed by atoms with Crippen molar-refractivity contribution in [3.8, 4) is 0 Å². The van der Waals surface area contributed by atoms with Crippen LogP contribution in [0.15, 0.2) is 47.4 Å². The monoisotopic (exact) mass is 324 g/mol. The number of halogens is 1. The third-order valence-corrected chi connectivity index (χ3v) is 4.62. The highest BCUT2D eigenvalue weighted by atomic mass is 32.2. The van der Waals surface area contributed by atoms with Crippen molar-refractivity contribution < 1.29 is 12.8 Å². The van der Waals surface area contributed by atoms with E-state index in [4.69, 9.17) is 18.0 Å². The zero-order chi connectivity index (χ0) is 15.6. The third kappa shape index (κ3) is 3.56. The van der Waals surface area contributed by atoms with Gasteiger partial charge >= 0.3 is 0 Å². The summed E-state index contributed by atoms with van der Waals surface area (Å²) >= 11 is 4.85. The minimum Gasteiger partial charge on any atom is -0.389 e. The highest BCUT2D eigenvalue weighted by molar-refractivity contribution is 7.92. The molecule has 0 unspecified atom stereocenters. The summed E-state index contributed by atoms with van der Waals surface area (Å²) in [6, 6.07) is 9.67. The minimum absolute atomic E-state index is 0.117. The summed E-state index contributed by atoms with van der Waals surface area (Å²) in [5.74, 6) is -0.435. The van der Waals surface area contributed by atoms with Crippen LogP contribution in [0.25, 0.3) is 0 Å². The van der Waals surface area contributed by atoms with Crippen molar-refractivity contribution in [2.75, 3.05) is 4.72 Å². The molecule has 3 N–H and O–H groups in total. The molecule has 0 atom stereocenters. The molecule has 7 heteroatoms. The number of nitrogens with one attached hydrogen (secondary N) is 1. The number of sulfonamides is 1. The van der Waals surface area contributed by atoms with Crippen molar-refractivity contribution in [2.45, 2.75) is 11.8 Å². The van der Waals surface area contributed by atoms with Gasteiger partial charge in [0.25, 0.3) is 10.0 Å². The van der Waals surface area contributed by atoms with E-state index in [0.29, 0.717) is 11.1 Å². The van der Waals surface area contributed by atoms with E-state index in [1.54, 1.807) is 19.1 Å². The SMILES string of the molecule is Cc1cc(C(N)=S)ccc1S(=O)(=O)Nc1ccc(F)cc1. The smallest absolute Gasteiger partial charge is 0.262 e. The van der Waals surface area contributed by atoms with Crippen molar-refractivity contribution in [1.29, 1.82) is 0 Å². The molecule has 0 aliphatic heterocycles. The lowest BCUT2D eigenvalue weighted by molar-refractivity contribution is 0.600. The van der Waals surface area contributed by atoms with E-state index in [0.717, 1.165) is 0 Å². The molecule has 0 heterocycles. The van der Waals surface area contributed by atoms with Crippen molar-refractivity contribution in [3.63, 3.8) is 0 Å². The fourth-order valence-electron chi connectivity index (χ4n) is 1.83. The average molecular weight is 324 g/mol. The van der Waals surface area contributed by atoms with Crippen molar-refractivity contribution in [1.82, 2.24) is 0 Å². The van der Waals surface area contributed by atoms with Gasteiger partial charge in [0.05, 0.1) is 4.90 Å². The van der Waals surface area contributed by atoms with Crippen LogP contribution >= 0.6 is 12.2 Å². The van der Waals surface area contributed by atoms with Gasteiger partial charge in [-0.2, -0.15) is 0 Å². The van der Waals surface area contributed by atoms with Gasteiger partial charge in [-0.1, -0.05) is 18.3 Å². The molecule has 0 fully saturated rings. The Kier molecular flexibility index (Phi) is 4.24. The van der Waals surface area contributed by atoms with Crippen LogP contribution in [0, 0.1) is 12.7 Å². The number of nitrogens with two attached hydrogens (primary N) is 1. The Morgan fingerprint density at radius 2 is 1.81 bits per heavy atom. The van der Waals surface area contributed by atoms with Crippen LogP contribution in [0.2, 0.25) is 0 Å². The lowest BCUT2D eigenvalue weighted by Crippen LogP contribution is -2.16. The number of anilines is 1. The molecule has 0 bridgehead atoms. The molecule has 0 saturated carbocycles. The van der Waals surface area contributed by atoms with E-state index in [1.807, 2.05) is 0 Å². The summed E-state index contributed by atoms with van der Waals surface area (Å²) < 4.78 is 39.9. The van der Waals surface area contributed by atoms with E-state index in [-0.39, 0.29) is 15.6 Å². The second-order valence-electron chi connectivity index (χ2n) is 4.46. The molecule has 0 saturated heterocycles. The number of hydrogen-bond acceptors (Lipinski definition) is 3. The Morgan fingerprint density at radius 1 is 1.19 bits per heavy atom. The quantitative estimate of drug-likeness (QED) is 0.848. The topological polar surface area (TPSA) is 72.2 Å². The molecule has 0 spiro atoms. The molecule has 0 aromatic heterocycles. The number of aryl methyl sites for hydroxylation is 1. The first-order chi connectivity index (χ1) is 9.79. The first-order valence-electron chi connectivity index (χ1n) is 5.98. The Balaban J connectivity index is 2.35. The second-order valence-corrected chi connectivity index (χ2v) is 6.55. The Morgan fingerprint density at radius 3 is 2.33 bits per heavy atom. The molecule has 110 valence electrons. The zero-order valence-electron chi connectivity index (χ0n) is 11.1. The zero-order valence-corrected chi connectivity index (χ0v) is 12.8. The van der Waals surface area contributed by atoms with Gasteiger partial charge in [0, 0.05) is 11.3 Å². The maximum atomic E-state index is 12.8. The van der Waals surface area contributed by atoms with Gasteiger partial charge in [-0.25, -0.2) is 12.8 Å². The molecule has 0 aliphatic carbocycles. The van der Waals surface area contributed by atoms with E-state index < -0.39 is 15.8 Å². The summed E-state index contributed by atoms with van der Waals surface area (Å²) in [6.07, 6.45) is 0. The van der Waals surface area contributed by atoms with Gasteiger partial charge in [0.1, 0.15) is 10.8 Å². The van der Waals surface area contributed by atoms with Crippen molar-refractivity contribution >= 4 is 32.9 Å². The molecule has 0 aliphatic rings. The van der Waals surface area contributed by atoms with Gasteiger partial charge in [-0.15, -0.1) is 0 Å². The molecule has 21 heavy (non-hydrogen) atoms. The summed E-state index contributed by atoms with van der Waals surface area (Å²) in [6.45, 7) is 1.65. The number of hydrogen-bond donors (Lipinski definition) is 2. The fourth-order valence-corrected chi connectivity index (χ4v) is 3.25. The third-order valence-electron chi connectivity index (χ3n) is 2.85. The molecular weight excluding hydrogens is 311 g/mol. The van der Waals surface area contributed by atoms with E-state index >= 15 is 0 Å². The second kappa shape index (κ2) is 5.79. The van der Waals surface area contributed by atoms with Crippen LogP contribution in [0.5, 0.6) is 0 Å². The van der Waals surface area contributed by atoms with E-state index in [2.05, 4.69) is 4.72 Å². The fraction of sp³-hybridized carbons (Fsp3) is 0.0714. The molecule has 0 amide bonds. The predicted octanol–water partition coefficient (Wildman–Crippen LogP) is 2.57.